The van der Waals surface area contributed by atoms with E-state index in [0.29, 0.717) is 30.4 Å². The molecule has 4 aromatic rings. The molecule has 0 saturated carbocycles. The van der Waals surface area contributed by atoms with E-state index in [-0.39, 0.29) is 51.2 Å². The van der Waals surface area contributed by atoms with Gasteiger partial charge in [-0.15, -0.1) is 0 Å². The van der Waals surface area contributed by atoms with Gasteiger partial charge in [-0.3, -0.25) is 9.69 Å². The molecule has 2 saturated heterocycles. The molecule has 2 N–H and O–H groups in total. The number of carbonyl (C=O) groups excluding carboxylic acids is 1. The molecule has 2 fully saturated rings. The summed E-state index contributed by atoms with van der Waals surface area (Å²) in [6.07, 6.45) is -4.06. The lowest BCUT2D eigenvalue weighted by atomic mass is 9.95. The van der Waals surface area contributed by atoms with Crippen LogP contribution < -0.4 is 15.4 Å². The van der Waals surface area contributed by atoms with Crippen LogP contribution in [0.5, 0.6) is 6.01 Å². The second-order valence-corrected chi connectivity index (χ2v) is 12.7. The molecular formula is C30H28F7N7O2S. The van der Waals surface area contributed by atoms with Crippen molar-refractivity contribution in [3.05, 3.63) is 48.1 Å². The number of hydrogen-bond acceptors (Lipinski definition) is 9. The summed E-state index contributed by atoms with van der Waals surface area (Å²) in [6, 6.07) is 0.956. The number of ether oxygens (including phenoxy) is 1. The average molecular weight is 684 g/mol. The maximum Gasteiger partial charge on any atom is 0.417 e. The van der Waals surface area contributed by atoms with Crippen molar-refractivity contribution in [1.82, 2.24) is 24.8 Å². The third-order valence-corrected chi connectivity index (χ3v) is 9.44. The highest BCUT2D eigenvalue weighted by atomic mass is 32.1. The molecule has 1 amide bonds. The lowest BCUT2D eigenvalue weighted by molar-refractivity contribution is -0.137. The van der Waals surface area contributed by atoms with Crippen LogP contribution in [-0.4, -0.2) is 89.0 Å². The molecule has 2 atom stereocenters. The number of thiazole rings is 1. The van der Waals surface area contributed by atoms with Gasteiger partial charge >= 0.3 is 12.2 Å². The third kappa shape index (κ3) is 6.01. The SMILES string of the molecule is C=CC(=O)N1CCC(N(C)c2nc(OCC3CC(F)(F)CN3C)nc3c(F)c(-c4ccc(F)c5sc(N)nc45)c(C(F)(F)F)cc23)C1. The van der Waals surface area contributed by atoms with Crippen LogP contribution in [0.3, 0.4) is 0 Å². The number of aromatic nitrogens is 3. The van der Waals surface area contributed by atoms with Crippen molar-refractivity contribution in [3.63, 3.8) is 0 Å². The molecule has 2 aliphatic heterocycles. The number of nitrogens with two attached hydrogens (primary N) is 1. The monoisotopic (exact) mass is 683 g/mol. The fraction of sp³-hybridized carbons (Fsp3) is 0.400. The normalized spacial score (nSPS) is 20.0. The largest absolute Gasteiger partial charge is 0.462 e. The zero-order valence-electron chi connectivity index (χ0n) is 25.0. The fourth-order valence-corrected chi connectivity index (χ4v) is 6.95. The predicted octanol–water partition coefficient (Wildman–Crippen LogP) is 5.73. The summed E-state index contributed by atoms with van der Waals surface area (Å²) in [5.74, 6) is -5.62. The Kier molecular flexibility index (Phi) is 8.18. The van der Waals surface area contributed by atoms with Crippen molar-refractivity contribution in [1.29, 1.82) is 0 Å². The zero-order valence-corrected chi connectivity index (χ0v) is 25.9. The first-order valence-electron chi connectivity index (χ1n) is 14.4. The van der Waals surface area contributed by atoms with Crippen molar-refractivity contribution in [3.8, 4) is 17.1 Å². The first-order valence-corrected chi connectivity index (χ1v) is 15.2. The minimum Gasteiger partial charge on any atom is -0.462 e. The van der Waals surface area contributed by atoms with Crippen LogP contribution in [0.15, 0.2) is 30.9 Å². The summed E-state index contributed by atoms with van der Waals surface area (Å²) in [5, 5.41) is -0.450. The van der Waals surface area contributed by atoms with E-state index < -0.39 is 71.4 Å². The number of alkyl halides is 5. The number of likely N-dealkylation sites (tertiary alicyclic amines) is 2. The molecule has 47 heavy (non-hydrogen) atoms. The standard InChI is InChI=1S/C30H28F7N7O2S/c1-4-20(45)44-8-7-14(11-44)43(3)26-17-9-18(30(35,36)37)21(16-5-6-19(31)25-24(16)39-27(38)47-25)22(32)23(17)40-28(41-26)46-12-15-10-29(33,34)13-42(15)2/h4-6,9,14-15H,1,7-8,10-13H2,2-3H3,(H2,38,39). The van der Waals surface area contributed by atoms with Gasteiger partial charge in [0, 0.05) is 55.2 Å². The molecule has 2 aromatic carbocycles. The highest BCUT2D eigenvalue weighted by Crippen LogP contribution is 2.46. The molecule has 0 bridgehead atoms. The van der Waals surface area contributed by atoms with Gasteiger partial charge in [0.05, 0.1) is 22.3 Å². The van der Waals surface area contributed by atoms with E-state index in [1.54, 1.807) is 0 Å². The molecule has 0 aliphatic carbocycles. The second kappa shape index (κ2) is 11.8. The molecule has 2 unspecified atom stereocenters. The lowest BCUT2D eigenvalue weighted by Gasteiger charge is -2.28. The number of halogens is 7. The van der Waals surface area contributed by atoms with Gasteiger partial charge < -0.3 is 20.3 Å². The Balaban J connectivity index is 1.54. The van der Waals surface area contributed by atoms with Gasteiger partial charge in [0.25, 0.3) is 5.92 Å². The summed E-state index contributed by atoms with van der Waals surface area (Å²) >= 11 is 0.700. The van der Waals surface area contributed by atoms with Crippen LogP contribution >= 0.6 is 11.3 Å². The number of amides is 1. The topological polar surface area (TPSA) is 101 Å². The summed E-state index contributed by atoms with van der Waals surface area (Å²) in [6.45, 7) is 3.18. The molecule has 0 radical (unpaired) electrons. The number of rotatable bonds is 7. The zero-order chi connectivity index (χ0) is 34.0. The van der Waals surface area contributed by atoms with E-state index in [1.165, 1.54) is 28.8 Å². The first kappa shape index (κ1) is 32.7. The van der Waals surface area contributed by atoms with Gasteiger partial charge in [0.2, 0.25) is 5.91 Å². The fourth-order valence-electron chi connectivity index (χ4n) is 6.18. The first-order chi connectivity index (χ1) is 22.1. The molecule has 2 aromatic heterocycles. The maximum atomic E-state index is 16.7. The van der Waals surface area contributed by atoms with Gasteiger partial charge in [-0.05, 0) is 37.7 Å². The van der Waals surface area contributed by atoms with Crippen LogP contribution in [0.1, 0.15) is 18.4 Å². The van der Waals surface area contributed by atoms with Crippen LogP contribution in [0.25, 0.3) is 32.2 Å². The number of benzene rings is 2. The Morgan fingerprint density at radius 2 is 1.98 bits per heavy atom. The van der Waals surface area contributed by atoms with Crippen LogP contribution in [0.4, 0.5) is 41.7 Å². The third-order valence-electron chi connectivity index (χ3n) is 8.55. The Hall–Kier alpha value is -4.25. The summed E-state index contributed by atoms with van der Waals surface area (Å²) < 4.78 is 109. The van der Waals surface area contributed by atoms with Gasteiger partial charge in [0.1, 0.15) is 23.8 Å². The lowest BCUT2D eigenvalue weighted by Crippen LogP contribution is -2.37. The van der Waals surface area contributed by atoms with Gasteiger partial charge in [-0.2, -0.15) is 23.1 Å². The Labute approximate surface area is 267 Å². The Morgan fingerprint density at radius 3 is 2.64 bits per heavy atom. The summed E-state index contributed by atoms with van der Waals surface area (Å²) in [4.78, 5) is 29.1. The van der Waals surface area contributed by atoms with E-state index in [1.807, 2.05) is 0 Å². The van der Waals surface area contributed by atoms with E-state index in [9.17, 15) is 31.1 Å². The molecular weight excluding hydrogens is 655 g/mol. The van der Waals surface area contributed by atoms with E-state index in [4.69, 9.17) is 10.5 Å². The minimum absolute atomic E-state index is 0.133. The van der Waals surface area contributed by atoms with Gasteiger partial charge in [-0.1, -0.05) is 17.9 Å². The van der Waals surface area contributed by atoms with Crippen molar-refractivity contribution in [2.75, 3.05) is 51.0 Å². The maximum absolute atomic E-state index is 16.7. The van der Waals surface area contributed by atoms with Gasteiger partial charge in [-0.25, -0.2) is 22.5 Å². The van der Waals surface area contributed by atoms with Crippen molar-refractivity contribution in [2.24, 2.45) is 0 Å². The molecule has 4 heterocycles. The van der Waals surface area contributed by atoms with E-state index in [0.717, 1.165) is 18.2 Å². The number of hydrogen-bond donors (Lipinski definition) is 1. The van der Waals surface area contributed by atoms with Crippen LogP contribution in [-0.2, 0) is 11.0 Å². The quantitative estimate of drug-likeness (QED) is 0.195. The number of carbonyl (C=O) groups is 1. The van der Waals surface area contributed by atoms with Crippen LogP contribution in [0.2, 0.25) is 0 Å². The van der Waals surface area contributed by atoms with Crippen molar-refractivity contribution in [2.45, 2.75) is 37.0 Å². The molecule has 2 aliphatic rings. The highest BCUT2D eigenvalue weighted by molar-refractivity contribution is 7.22. The Bertz CT molecular complexity index is 1900. The second-order valence-electron chi connectivity index (χ2n) is 11.6. The van der Waals surface area contributed by atoms with E-state index >= 15 is 4.39 Å². The molecule has 9 nitrogen and oxygen atoms in total. The summed E-state index contributed by atoms with van der Waals surface area (Å²) in [5.41, 5.74) is 2.24. The van der Waals surface area contributed by atoms with Crippen LogP contribution in [0, 0.1) is 11.6 Å². The average Bonchev–Trinajstić information content (AvgIpc) is 3.72. The number of nitrogen functional groups attached to an aromatic ring is 1. The smallest absolute Gasteiger partial charge is 0.417 e. The number of likely N-dealkylation sites (N-methyl/N-ethyl adjacent to an activating group) is 2. The molecule has 0 spiro atoms. The highest BCUT2D eigenvalue weighted by Gasteiger charge is 2.44. The number of nitrogens with zero attached hydrogens (tertiary/aromatic N) is 6. The molecule has 250 valence electrons. The molecule has 6 rings (SSSR count). The summed E-state index contributed by atoms with van der Waals surface area (Å²) in [7, 11) is 3.02. The van der Waals surface area contributed by atoms with E-state index in [2.05, 4.69) is 21.5 Å². The van der Waals surface area contributed by atoms with Gasteiger partial charge in [0.15, 0.2) is 10.9 Å². The molecule has 17 heteroatoms. The predicted molar refractivity (Wildman–Crippen MR) is 163 cm³/mol. The van der Waals surface area contributed by atoms with Crippen molar-refractivity contribution >= 4 is 49.3 Å². The number of fused-ring (bicyclic) bond motifs is 2. The number of anilines is 2. The minimum atomic E-state index is -5.10. The van der Waals surface area contributed by atoms with Crippen molar-refractivity contribution < 1.29 is 40.3 Å². The Morgan fingerprint density at radius 1 is 1.23 bits per heavy atom.